The number of aromatic amines is 1. The minimum absolute atomic E-state index is 0.0373. The molecule has 3 aromatic rings. The number of furan rings is 1. The van der Waals surface area contributed by atoms with Gasteiger partial charge in [0.05, 0.1) is 19.4 Å². The number of carbonyl (C=O) groups is 1. The summed E-state index contributed by atoms with van der Waals surface area (Å²) in [6.07, 6.45) is 1.39. The number of nitrogens with zero attached hydrogens (tertiary/aromatic N) is 3. The van der Waals surface area contributed by atoms with Crippen molar-refractivity contribution in [1.82, 2.24) is 20.3 Å². The Morgan fingerprint density at radius 2 is 2.18 bits per heavy atom. The number of amides is 1. The lowest BCUT2D eigenvalue weighted by atomic mass is 10.1. The van der Waals surface area contributed by atoms with E-state index in [0.717, 1.165) is 11.3 Å². The third-order valence-corrected chi connectivity index (χ3v) is 3.78. The summed E-state index contributed by atoms with van der Waals surface area (Å²) in [6.45, 7) is 1.53. The highest BCUT2D eigenvalue weighted by Gasteiger charge is 2.27. The molecule has 1 aliphatic rings. The molecule has 0 spiro atoms. The molecule has 0 saturated carbocycles. The molecule has 7 nitrogen and oxygen atoms in total. The van der Waals surface area contributed by atoms with Crippen LogP contribution in [0.3, 0.4) is 0 Å². The van der Waals surface area contributed by atoms with E-state index in [0.29, 0.717) is 30.8 Å². The van der Waals surface area contributed by atoms with Crippen molar-refractivity contribution in [2.75, 3.05) is 19.7 Å². The number of hydrogen-bond donors (Lipinski definition) is 1. The molecule has 7 heteroatoms. The smallest absolute Gasteiger partial charge is 0.254 e. The van der Waals surface area contributed by atoms with Crippen LogP contribution in [-0.2, 0) is 4.74 Å². The lowest BCUT2D eigenvalue weighted by Crippen LogP contribution is -2.42. The standard InChI is InChI=1S/C15H14N4O3/c20-15(10-3-4-11-12(8-10)17-18-16-11)19-5-7-22-14(9-19)13-2-1-6-21-13/h1-4,6,8,14H,5,7,9H2,(H,16,17,18)/t14-/m0/s1. The zero-order valence-corrected chi connectivity index (χ0v) is 11.7. The summed E-state index contributed by atoms with van der Waals surface area (Å²) in [6, 6.07) is 8.98. The van der Waals surface area contributed by atoms with Gasteiger partial charge < -0.3 is 14.1 Å². The van der Waals surface area contributed by atoms with E-state index in [1.807, 2.05) is 12.1 Å². The van der Waals surface area contributed by atoms with E-state index in [4.69, 9.17) is 9.15 Å². The second-order valence-electron chi connectivity index (χ2n) is 5.15. The molecule has 3 heterocycles. The summed E-state index contributed by atoms with van der Waals surface area (Å²) in [5.74, 6) is 0.703. The Morgan fingerprint density at radius 1 is 1.27 bits per heavy atom. The molecule has 1 saturated heterocycles. The summed E-state index contributed by atoms with van der Waals surface area (Å²) >= 11 is 0. The van der Waals surface area contributed by atoms with Crippen LogP contribution in [0.2, 0.25) is 0 Å². The van der Waals surface area contributed by atoms with E-state index in [-0.39, 0.29) is 12.0 Å². The maximum Gasteiger partial charge on any atom is 0.254 e. The zero-order valence-electron chi connectivity index (χ0n) is 11.7. The summed E-state index contributed by atoms with van der Waals surface area (Å²) in [5, 5.41) is 10.6. The Morgan fingerprint density at radius 3 is 3.05 bits per heavy atom. The maximum absolute atomic E-state index is 12.7. The van der Waals surface area contributed by atoms with Crippen LogP contribution in [0.15, 0.2) is 41.0 Å². The average Bonchev–Trinajstić information content (AvgIpc) is 3.25. The number of nitrogens with one attached hydrogen (secondary N) is 1. The SMILES string of the molecule is O=C(c1ccc2n[nH]nc2c1)N1CCO[C@H](c2ccco2)C1. The summed E-state index contributed by atoms with van der Waals surface area (Å²) < 4.78 is 11.1. The molecular weight excluding hydrogens is 284 g/mol. The van der Waals surface area contributed by atoms with Crippen molar-refractivity contribution in [2.24, 2.45) is 0 Å². The van der Waals surface area contributed by atoms with Crippen LogP contribution in [0.25, 0.3) is 11.0 Å². The maximum atomic E-state index is 12.7. The number of ether oxygens (including phenoxy) is 1. The van der Waals surface area contributed by atoms with Gasteiger partial charge in [-0.1, -0.05) is 0 Å². The molecule has 0 aliphatic carbocycles. The first-order valence-corrected chi connectivity index (χ1v) is 7.06. The molecule has 2 aromatic heterocycles. The van der Waals surface area contributed by atoms with Gasteiger partial charge in [0.15, 0.2) is 0 Å². The van der Waals surface area contributed by atoms with E-state index >= 15 is 0 Å². The van der Waals surface area contributed by atoms with E-state index in [1.54, 1.807) is 29.4 Å². The molecule has 0 bridgehead atoms. The first-order chi connectivity index (χ1) is 10.8. The van der Waals surface area contributed by atoms with Crippen LogP contribution in [0.1, 0.15) is 22.2 Å². The molecule has 0 radical (unpaired) electrons. The lowest BCUT2D eigenvalue weighted by Gasteiger charge is -2.32. The molecule has 1 aliphatic heterocycles. The molecule has 0 unspecified atom stereocenters. The summed E-state index contributed by atoms with van der Waals surface area (Å²) in [5.41, 5.74) is 2.02. The molecule has 1 N–H and O–H groups in total. The Labute approximate surface area is 125 Å². The van der Waals surface area contributed by atoms with Crippen molar-refractivity contribution in [3.8, 4) is 0 Å². The predicted octanol–water partition coefficient (Wildman–Crippen LogP) is 1.76. The number of carbonyl (C=O) groups excluding carboxylic acids is 1. The van der Waals surface area contributed by atoms with Gasteiger partial charge in [0.1, 0.15) is 22.9 Å². The largest absolute Gasteiger partial charge is 0.467 e. The van der Waals surface area contributed by atoms with Crippen LogP contribution in [0.5, 0.6) is 0 Å². The highest BCUT2D eigenvalue weighted by Crippen LogP contribution is 2.24. The number of morpholine rings is 1. The van der Waals surface area contributed by atoms with Gasteiger partial charge in [0, 0.05) is 12.1 Å². The molecule has 1 fully saturated rings. The molecule has 112 valence electrons. The van der Waals surface area contributed by atoms with Gasteiger partial charge in [-0.25, -0.2) is 0 Å². The first-order valence-electron chi connectivity index (χ1n) is 7.06. The van der Waals surface area contributed by atoms with Gasteiger partial charge in [-0.3, -0.25) is 4.79 Å². The fourth-order valence-corrected chi connectivity index (χ4v) is 2.64. The third-order valence-electron chi connectivity index (χ3n) is 3.78. The van der Waals surface area contributed by atoms with Crippen molar-refractivity contribution in [2.45, 2.75) is 6.10 Å². The van der Waals surface area contributed by atoms with Crippen LogP contribution in [0.4, 0.5) is 0 Å². The van der Waals surface area contributed by atoms with Crippen LogP contribution >= 0.6 is 0 Å². The normalized spacial score (nSPS) is 18.7. The van der Waals surface area contributed by atoms with Crippen LogP contribution < -0.4 is 0 Å². The van der Waals surface area contributed by atoms with Gasteiger partial charge >= 0.3 is 0 Å². The number of hydrogen-bond acceptors (Lipinski definition) is 5. The Hall–Kier alpha value is -2.67. The monoisotopic (exact) mass is 298 g/mol. The van der Waals surface area contributed by atoms with Gasteiger partial charge in [-0.05, 0) is 30.3 Å². The molecule has 4 rings (SSSR count). The molecule has 1 aromatic carbocycles. The number of aromatic nitrogens is 3. The van der Waals surface area contributed by atoms with E-state index in [2.05, 4.69) is 15.4 Å². The fourth-order valence-electron chi connectivity index (χ4n) is 2.64. The number of H-pyrrole nitrogens is 1. The fraction of sp³-hybridized carbons (Fsp3) is 0.267. The second kappa shape index (κ2) is 5.27. The highest BCUT2D eigenvalue weighted by atomic mass is 16.5. The van der Waals surface area contributed by atoms with E-state index in [1.165, 1.54) is 0 Å². The van der Waals surface area contributed by atoms with Gasteiger partial charge in [-0.2, -0.15) is 15.4 Å². The highest BCUT2D eigenvalue weighted by molar-refractivity contribution is 5.97. The second-order valence-corrected chi connectivity index (χ2v) is 5.15. The third kappa shape index (κ3) is 2.25. The van der Waals surface area contributed by atoms with Crippen molar-refractivity contribution in [1.29, 1.82) is 0 Å². The van der Waals surface area contributed by atoms with E-state index < -0.39 is 0 Å². The zero-order chi connectivity index (χ0) is 14.9. The van der Waals surface area contributed by atoms with Crippen LogP contribution in [0, 0.1) is 0 Å². The number of benzene rings is 1. The summed E-state index contributed by atoms with van der Waals surface area (Å²) in [4.78, 5) is 14.4. The van der Waals surface area contributed by atoms with Crippen molar-refractivity contribution < 1.29 is 13.9 Å². The van der Waals surface area contributed by atoms with Crippen LogP contribution in [-0.4, -0.2) is 45.9 Å². The molecule has 1 atom stereocenters. The first kappa shape index (κ1) is 13.0. The Bertz CT molecular complexity index is 796. The quantitative estimate of drug-likeness (QED) is 0.779. The summed E-state index contributed by atoms with van der Waals surface area (Å²) in [7, 11) is 0. The Balaban J connectivity index is 1.56. The lowest BCUT2D eigenvalue weighted by molar-refractivity contribution is -0.0321. The number of fused-ring (bicyclic) bond motifs is 1. The predicted molar refractivity (Wildman–Crippen MR) is 77.2 cm³/mol. The van der Waals surface area contributed by atoms with Crippen molar-refractivity contribution in [3.05, 3.63) is 47.9 Å². The van der Waals surface area contributed by atoms with Crippen molar-refractivity contribution >= 4 is 16.9 Å². The van der Waals surface area contributed by atoms with E-state index in [9.17, 15) is 4.79 Å². The minimum Gasteiger partial charge on any atom is -0.467 e. The topological polar surface area (TPSA) is 84.2 Å². The van der Waals surface area contributed by atoms with Crippen molar-refractivity contribution in [3.63, 3.8) is 0 Å². The van der Waals surface area contributed by atoms with Gasteiger partial charge in [0.25, 0.3) is 5.91 Å². The average molecular weight is 298 g/mol. The molecule has 1 amide bonds. The minimum atomic E-state index is -0.219. The van der Waals surface area contributed by atoms with Gasteiger partial charge in [-0.15, -0.1) is 0 Å². The Kier molecular flexibility index (Phi) is 3.12. The molecular formula is C15H14N4O3. The van der Waals surface area contributed by atoms with Gasteiger partial charge in [0.2, 0.25) is 0 Å². The molecule has 22 heavy (non-hydrogen) atoms. The number of rotatable bonds is 2.